The third-order valence-corrected chi connectivity index (χ3v) is 7.56. The van der Waals surface area contributed by atoms with E-state index in [1.165, 1.54) is 38.1 Å². The highest BCUT2D eigenvalue weighted by Gasteiger charge is 2.28. The van der Waals surface area contributed by atoms with E-state index >= 15 is 0 Å². The largest absolute Gasteiger partial charge is 0.423 e. The zero-order valence-electron chi connectivity index (χ0n) is 25.1. The van der Waals surface area contributed by atoms with Crippen molar-refractivity contribution >= 4 is 34.7 Å². The van der Waals surface area contributed by atoms with Crippen molar-refractivity contribution in [2.75, 3.05) is 0 Å². The van der Waals surface area contributed by atoms with Crippen LogP contribution in [0.2, 0.25) is 0 Å². The molecule has 4 aromatic carbocycles. The van der Waals surface area contributed by atoms with Crippen molar-refractivity contribution in [2.45, 2.75) is 33.1 Å². The highest BCUT2D eigenvalue weighted by atomic mass is 16.6. The minimum Gasteiger partial charge on any atom is -0.423 e. The van der Waals surface area contributed by atoms with Gasteiger partial charge in [0.1, 0.15) is 11.5 Å². The fourth-order valence-electron chi connectivity index (χ4n) is 4.75. The van der Waals surface area contributed by atoms with E-state index in [1.807, 2.05) is 13.8 Å². The molecular formula is C31H24N4O12. The summed E-state index contributed by atoms with van der Waals surface area (Å²) >= 11 is 0. The summed E-state index contributed by atoms with van der Waals surface area (Å²) in [7, 11) is 0. The zero-order valence-corrected chi connectivity index (χ0v) is 25.1. The summed E-state index contributed by atoms with van der Waals surface area (Å²) in [6.45, 7) is 6.37. The van der Waals surface area contributed by atoms with Gasteiger partial charge < -0.3 is 9.47 Å². The first kappa shape index (κ1) is 33.3. The molecule has 0 unspecified atom stereocenters. The molecule has 0 aromatic heterocycles. The van der Waals surface area contributed by atoms with Crippen LogP contribution < -0.4 is 9.47 Å². The molecule has 47 heavy (non-hydrogen) atoms. The topological polar surface area (TPSA) is 225 Å². The standard InChI is InChI=1S/C31H24N4O12/c1-17-25(13-21(32(38)39)15-27(17)34(42)43)29(36)46-23-9-5-19(6-10-23)31(3,4)20-7-11-24(12-8-20)47-30(37)26-14-22(33(40)41)16-28(18(26)2)35(44)45/h5-16H,1-4H3. The summed E-state index contributed by atoms with van der Waals surface area (Å²) in [6.07, 6.45) is 0. The van der Waals surface area contributed by atoms with Gasteiger partial charge in [-0.25, -0.2) is 9.59 Å². The number of hydrogen-bond donors (Lipinski definition) is 0. The van der Waals surface area contributed by atoms with Crippen LogP contribution in [0.1, 0.15) is 56.8 Å². The van der Waals surface area contributed by atoms with Crippen LogP contribution in [0.4, 0.5) is 22.7 Å². The van der Waals surface area contributed by atoms with Gasteiger partial charge in [-0.3, -0.25) is 40.5 Å². The van der Waals surface area contributed by atoms with Gasteiger partial charge in [0.05, 0.1) is 43.0 Å². The summed E-state index contributed by atoms with van der Waals surface area (Å²) < 4.78 is 10.7. The fraction of sp³-hybridized carbons (Fsp3) is 0.161. The molecule has 0 fully saturated rings. The maximum absolute atomic E-state index is 12.8. The molecule has 0 aliphatic heterocycles. The molecule has 0 radical (unpaired) electrons. The number of non-ortho nitro benzene ring substituents is 2. The predicted octanol–water partition coefficient (Wildman–Crippen LogP) is 6.70. The smallest absolute Gasteiger partial charge is 0.344 e. The number of ether oxygens (including phenoxy) is 2. The summed E-state index contributed by atoms with van der Waals surface area (Å²) in [4.78, 5) is 67.5. The van der Waals surface area contributed by atoms with Crippen LogP contribution in [-0.2, 0) is 5.41 Å². The second kappa shape index (κ2) is 12.8. The van der Waals surface area contributed by atoms with Crippen molar-refractivity contribution in [3.8, 4) is 11.5 Å². The summed E-state index contributed by atoms with van der Waals surface area (Å²) in [5, 5.41) is 45.2. The van der Waals surface area contributed by atoms with E-state index in [2.05, 4.69) is 0 Å². The molecule has 0 heterocycles. The molecule has 0 bridgehead atoms. The van der Waals surface area contributed by atoms with Crippen molar-refractivity contribution in [2.24, 2.45) is 0 Å². The van der Waals surface area contributed by atoms with Crippen LogP contribution in [0.5, 0.6) is 11.5 Å². The number of carbonyl (C=O) groups excluding carboxylic acids is 2. The van der Waals surface area contributed by atoms with Gasteiger partial charge >= 0.3 is 11.9 Å². The Hall–Kier alpha value is -6.58. The minimum absolute atomic E-state index is 0.0842. The fourth-order valence-corrected chi connectivity index (χ4v) is 4.75. The zero-order chi connectivity index (χ0) is 34.8. The van der Waals surface area contributed by atoms with E-state index in [0.717, 1.165) is 35.4 Å². The lowest BCUT2D eigenvalue weighted by molar-refractivity contribution is -0.394. The van der Waals surface area contributed by atoms with E-state index < -0.39 is 59.8 Å². The third-order valence-electron chi connectivity index (χ3n) is 7.56. The Labute approximate surface area is 264 Å². The van der Waals surface area contributed by atoms with Crippen molar-refractivity contribution < 1.29 is 38.8 Å². The molecule has 0 atom stereocenters. The van der Waals surface area contributed by atoms with Gasteiger partial charge in [-0.2, -0.15) is 0 Å². The molecule has 4 aromatic rings. The molecular weight excluding hydrogens is 620 g/mol. The van der Waals surface area contributed by atoms with E-state index in [1.54, 1.807) is 24.3 Å². The molecule has 240 valence electrons. The van der Waals surface area contributed by atoms with Gasteiger partial charge in [-0.1, -0.05) is 38.1 Å². The number of nitro benzene ring substituents is 4. The number of benzene rings is 4. The van der Waals surface area contributed by atoms with E-state index in [0.29, 0.717) is 0 Å². The van der Waals surface area contributed by atoms with Crippen LogP contribution in [0.25, 0.3) is 0 Å². The van der Waals surface area contributed by atoms with E-state index in [9.17, 15) is 50.0 Å². The number of nitrogens with zero attached hydrogens (tertiary/aromatic N) is 4. The Morgan fingerprint density at radius 1 is 0.553 bits per heavy atom. The molecule has 0 saturated carbocycles. The van der Waals surface area contributed by atoms with Crippen molar-refractivity contribution in [1.29, 1.82) is 0 Å². The second-order valence-electron chi connectivity index (χ2n) is 10.8. The van der Waals surface area contributed by atoms with E-state index in [-0.39, 0.29) is 33.8 Å². The lowest BCUT2D eigenvalue weighted by Gasteiger charge is -2.26. The van der Waals surface area contributed by atoms with Gasteiger partial charge in [0.2, 0.25) is 0 Å². The molecule has 0 spiro atoms. The molecule has 16 nitrogen and oxygen atoms in total. The highest BCUT2D eigenvalue weighted by molar-refractivity contribution is 5.95. The number of hydrogen-bond acceptors (Lipinski definition) is 12. The van der Waals surface area contributed by atoms with Crippen molar-refractivity contribution in [3.63, 3.8) is 0 Å². The molecule has 0 saturated heterocycles. The van der Waals surface area contributed by atoms with Gasteiger partial charge in [0, 0.05) is 28.7 Å². The maximum atomic E-state index is 12.8. The van der Waals surface area contributed by atoms with Gasteiger partial charge in [0.15, 0.2) is 0 Å². The second-order valence-corrected chi connectivity index (χ2v) is 10.8. The monoisotopic (exact) mass is 644 g/mol. The first-order chi connectivity index (χ1) is 22.0. The Morgan fingerprint density at radius 2 is 0.872 bits per heavy atom. The van der Waals surface area contributed by atoms with Crippen LogP contribution in [0.3, 0.4) is 0 Å². The Balaban J connectivity index is 1.51. The number of esters is 2. The van der Waals surface area contributed by atoms with Crippen molar-refractivity contribution in [3.05, 3.63) is 147 Å². The summed E-state index contributed by atoms with van der Waals surface area (Å²) in [5.41, 5.74) is -2.36. The van der Waals surface area contributed by atoms with Gasteiger partial charge in [0.25, 0.3) is 22.7 Å². The SMILES string of the molecule is Cc1c(C(=O)Oc2ccc(C(C)(C)c3ccc(OC(=O)c4cc([N+](=O)[O-])cc([N+](=O)[O-])c4C)cc3)cc2)cc([N+](=O)[O-])cc1[N+](=O)[O-]. The molecule has 0 N–H and O–H groups in total. The maximum Gasteiger partial charge on any atom is 0.344 e. The van der Waals surface area contributed by atoms with Gasteiger partial charge in [-0.15, -0.1) is 0 Å². The number of carbonyl (C=O) groups is 2. The van der Waals surface area contributed by atoms with E-state index in [4.69, 9.17) is 9.47 Å². The summed E-state index contributed by atoms with van der Waals surface area (Å²) in [6, 6.07) is 16.1. The highest BCUT2D eigenvalue weighted by Crippen LogP contribution is 2.35. The normalized spacial score (nSPS) is 11.0. The Kier molecular flexibility index (Phi) is 9.07. The molecule has 0 aliphatic carbocycles. The minimum atomic E-state index is -1.01. The Bertz CT molecular complexity index is 1830. The van der Waals surface area contributed by atoms with Gasteiger partial charge in [-0.05, 0) is 49.2 Å². The van der Waals surface area contributed by atoms with Crippen LogP contribution in [-0.4, -0.2) is 31.6 Å². The third kappa shape index (κ3) is 6.90. The predicted molar refractivity (Wildman–Crippen MR) is 164 cm³/mol. The molecule has 16 heteroatoms. The molecule has 4 rings (SSSR count). The van der Waals surface area contributed by atoms with Crippen LogP contribution >= 0.6 is 0 Å². The Morgan fingerprint density at radius 3 is 1.15 bits per heavy atom. The first-order valence-corrected chi connectivity index (χ1v) is 13.5. The lowest BCUT2D eigenvalue weighted by atomic mass is 9.78. The van der Waals surface area contributed by atoms with Crippen LogP contribution in [0, 0.1) is 54.3 Å². The molecule has 0 aliphatic rings. The number of rotatable bonds is 10. The number of nitro groups is 4. The average molecular weight is 645 g/mol. The first-order valence-electron chi connectivity index (χ1n) is 13.5. The lowest BCUT2D eigenvalue weighted by Crippen LogP contribution is -2.19. The summed E-state index contributed by atoms with van der Waals surface area (Å²) in [5.74, 6) is -1.85. The van der Waals surface area contributed by atoms with Crippen molar-refractivity contribution in [1.82, 2.24) is 0 Å². The quantitative estimate of drug-likeness (QED) is 0.0760. The average Bonchev–Trinajstić information content (AvgIpc) is 3.01. The molecule has 0 amide bonds. The van der Waals surface area contributed by atoms with Crippen LogP contribution in [0.15, 0.2) is 72.8 Å².